The Labute approximate surface area is 165 Å². The summed E-state index contributed by atoms with van der Waals surface area (Å²) < 4.78 is 5.19. The number of carboxylic acid groups (broad SMARTS) is 1. The summed E-state index contributed by atoms with van der Waals surface area (Å²) in [7, 11) is 1.42. The molecule has 1 saturated heterocycles. The third-order valence-electron chi connectivity index (χ3n) is 3.92. The van der Waals surface area contributed by atoms with Crippen LogP contribution in [0, 0.1) is 0 Å². The number of ether oxygens (including phenoxy) is 1. The maximum atomic E-state index is 12.8. The molecule has 2 aromatic carbocycles. The molecule has 6 nitrogen and oxygen atoms in total. The van der Waals surface area contributed by atoms with E-state index in [1.807, 2.05) is 0 Å². The first kappa shape index (κ1) is 18.9. The lowest BCUT2D eigenvalue weighted by Crippen LogP contribution is -2.43. The number of rotatable bonds is 5. The normalized spacial score (nSPS) is 16.6. The number of thioether (sulfide) groups is 1. The largest absolute Gasteiger partial charge is 0.547 e. The number of benzene rings is 2. The summed E-state index contributed by atoms with van der Waals surface area (Å²) in [6.45, 7) is 0. The molecule has 1 fully saturated rings. The molecule has 8 heteroatoms. The monoisotopic (exact) mass is 400 g/mol. The second-order valence-corrected chi connectivity index (χ2v) is 7.29. The van der Waals surface area contributed by atoms with Gasteiger partial charge in [0.15, 0.2) is 11.5 Å². The number of hydrogen-bond donors (Lipinski definition) is 1. The molecule has 0 radical (unpaired) electrons. The van der Waals surface area contributed by atoms with Gasteiger partial charge in [0.25, 0.3) is 5.91 Å². The van der Waals surface area contributed by atoms with Gasteiger partial charge in [-0.05, 0) is 29.3 Å². The fourth-order valence-corrected chi connectivity index (χ4v) is 3.98. The number of aromatic hydroxyl groups is 1. The Morgan fingerprint density at radius 3 is 2.63 bits per heavy atom. The highest BCUT2D eigenvalue weighted by molar-refractivity contribution is 8.26. The van der Waals surface area contributed by atoms with Gasteiger partial charge in [-0.25, -0.2) is 0 Å². The quantitative estimate of drug-likeness (QED) is 0.607. The van der Waals surface area contributed by atoms with Crippen LogP contribution in [0.1, 0.15) is 17.2 Å². The van der Waals surface area contributed by atoms with E-state index in [1.165, 1.54) is 13.2 Å². The third-order valence-corrected chi connectivity index (χ3v) is 5.25. The molecule has 2 aromatic rings. The molecule has 0 aromatic heterocycles. The second kappa shape index (κ2) is 7.81. The standard InChI is InChI=1S/C19H15NO5S2/c1-25-14-9-11(7-8-13(14)21)10-15-17(22)20(19(26)27-15)16(18(23)24)12-5-3-2-4-6-12/h2-10,16,21H,1H3,(H,23,24)/p-1/b15-10-/t16-/m0/s1. The Bertz CT molecular complexity index is 942. The topological polar surface area (TPSA) is 89.9 Å². The minimum atomic E-state index is -1.41. The minimum absolute atomic E-state index is 0.0247. The van der Waals surface area contributed by atoms with Crippen LogP contribution < -0.4 is 9.84 Å². The SMILES string of the molecule is COc1cc(/C=C2\SC(=S)N([C@H](C(=O)[O-])c3ccccc3)C2=O)ccc1O. The molecule has 0 spiro atoms. The van der Waals surface area contributed by atoms with Crippen LogP contribution in [-0.2, 0) is 9.59 Å². The molecule has 1 heterocycles. The van der Waals surface area contributed by atoms with Crippen molar-refractivity contribution in [3.05, 3.63) is 64.6 Å². The van der Waals surface area contributed by atoms with Gasteiger partial charge in [-0.2, -0.15) is 0 Å². The zero-order valence-corrected chi connectivity index (χ0v) is 15.8. The van der Waals surface area contributed by atoms with E-state index in [2.05, 4.69) is 0 Å². The average molecular weight is 400 g/mol. The molecule has 1 atom stereocenters. The average Bonchev–Trinajstić information content (AvgIpc) is 2.92. The fourth-order valence-electron chi connectivity index (χ4n) is 2.66. The van der Waals surface area contributed by atoms with Crippen LogP contribution in [-0.4, -0.2) is 33.3 Å². The minimum Gasteiger partial charge on any atom is -0.547 e. The van der Waals surface area contributed by atoms with Crippen molar-refractivity contribution < 1.29 is 24.5 Å². The molecule has 138 valence electrons. The first-order valence-corrected chi connectivity index (χ1v) is 9.04. The Balaban J connectivity index is 1.96. The molecule has 3 rings (SSSR count). The smallest absolute Gasteiger partial charge is 0.267 e. The Kier molecular flexibility index (Phi) is 5.48. The van der Waals surface area contributed by atoms with Crippen molar-refractivity contribution in [2.75, 3.05) is 7.11 Å². The summed E-state index contributed by atoms with van der Waals surface area (Å²) in [5, 5.41) is 21.4. The van der Waals surface area contributed by atoms with E-state index in [9.17, 15) is 19.8 Å². The number of carboxylic acids is 1. The van der Waals surface area contributed by atoms with Crippen LogP contribution in [0.15, 0.2) is 53.4 Å². The molecule has 1 amide bonds. The van der Waals surface area contributed by atoms with Crippen LogP contribution in [0.25, 0.3) is 6.08 Å². The maximum Gasteiger partial charge on any atom is 0.267 e. The van der Waals surface area contributed by atoms with Crippen LogP contribution in [0.4, 0.5) is 0 Å². The second-order valence-electron chi connectivity index (χ2n) is 5.62. The molecule has 27 heavy (non-hydrogen) atoms. The Morgan fingerprint density at radius 2 is 2.00 bits per heavy atom. The van der Waals surface area contributed by atoms with Gasteiger partial charge in [0.2, 0.25) is 0 Å². The number of phenols is 1. The van der Waals surface area contributed by atoms with Crippen LogP contribution in [0.2, 0.25) is 0 Å². The van der Waals surface area contributed by atoms with Crippen molar-refractivity contribution in [3.63, 3.8) is 0 Å². The predicted molar refractivity (Wildman–Crippen MR) is 104 cm³/mol. The molecule has 0 bridgehead atoms. The number of methoxy groups -OCH3 is 1. The van der Waals surface area contributed by atoms with Crippen molar-refractivity contribution in [1.29, 1.82) is 0 Å². The van der Waals surface area contributed by atoms with E-state index in [0.29, 0.717) is 11.1 Å². The van der Waals surface area contributed by atoms with Gasteiger partial charge in [0, 0.05) is 0 Å². The van der Waals surface area contributed by atoms with E-state index in [0.717, 1.165) is 16.7 Å². The molecule has 1 aliphatic rings. The van der Waals surface area contributed by atoms with Gasteiger partial charge in [-0.3, -0.25) is 9.69 Å². The molecule has 0 aliphatic carbocycles. The highest BCUT2D eigenvalue weighted by atomic mass is 32.2. The van der Waals surface area contributed by atoms with Gasteiger partial charge in [0.05, 0.1) is 18.0 Å². The molecular formula is C19H14NO5S2-. The Hall–Kier alpha value is -2.84. The van der Waals surface area contributed by atoms with Gasteiger partial charge < -0.3 is 19.7 Å². The summed E-state index contributed by atoms with van der Waals surface area (Å²) in [5.74, 6) is -1.69. The van der Waals surface area contributed by atoms with E-state index >= 15 is 0 Å². The summed E-state index contributed by atoms with van der Waals surface area (Å²) in [5.41, 5.74) is 1.01. The van der Waals surface area contributed by atoms with Crippen molar-refractivity contribution in [2.24, 2.45) is 0 Å². The zero-order valence-electron chi connectivity index (χ0n) is 14.1. The van der Waals surface area contributed by atoms with Crippen molar-refractivity contribution in [3.8, 4) is 11.5 Å². The molecule has 0 unspecified atom stereocenters. The number of amides is 1. The molecular weight excluding hydrogens is 386 g/mol. The van der Waals surface area contributed by atoms with Crippen molar-refractivity contribution in [1.82, 2.24) is 4.90 Å². The lowest BCUT2D eigenvalue weighted by molar-refractivity contribution is -0.310. The van der Waals surface area contributed by atoms with Crippen molar-refractivity contribution in [2.45, 2.75) is 6.04 Å². The fraction of sp³-hybridized carbons (Fsp3) is 0.105. The first-order chi connectivity index (χ1) is 12.9. The molecule has 1 aliphatic heterocycles. The first-order valence-electron chi connectivity index (χ1n) is 7.82. The van der Waals surface area contributed by atoms with E-state index in [1.54, 1.807) is 48.5 Å². The summed E-state index contributed by atoms with van der Waals surface area (Å²) in [6, 6.07) is 11.6. The zero-order chi connectivity index (χ0) is 19.6. The summed E-state index contributed by atoms with van der Waals surface area (Å²) in [4.78, 5) is 25.9. The number of carbonyl (C=O) groups excluding carboxylic acids is 2. The van der Waals surface area contributed by atoms with Crippen LogP contribution >= 0.6 is 24.0 Å². The maximum absolute atomic E-state index is 12.8. The third kappa shape index (κ3) is 3.81. The number of phenolic OH excluding ortho intramolecular Hbond substituents is 1. The Morgan fingerprint density at radius 1 is 1.30 bits per heavy atom. The highest BCUT2D eigenvalue weighted by Gasteiger charge is 2.38. The molecule has 0 saturated carbocycles. The van der Waals surface area contributed by atoms with E-state index in [4.69, 9.17) is 17.0 Å². The van der Waals surface area contributed by atoms with Crippen molar-refractivity contribution >= 4 is 46.3 Å². The highest BCUT2D eigenvalue weighted by Crippen LogP contribution is 2.38. The van der Waals surface area contributed by atoms with Gasteiger partial charge in [-0.15, -0.1) is 0 Å². The summed E-state index contributed by atoms with van der Waals surface area (Å²) >= 11 is 6.26. The molecule has 1 N–H and O–H groups in total. The summed E-state index contributed by atoms with van der Waals surface area (Å²) in [6.07, 6.45) is 1.57. The lowest BCUT2D eigenvalue weighted by atomic mass is 10.1. The van der Waals surface area contributed by atoms with Crippen LogP contribution in [0.5, 0.6) is 11.5 Å². The van der Waals surface area contributed by atoms with Crippen LogP contribution in [0.3, 0.4) is 0 Å². The van der Waals surface area contributed by atoms with E-state index in [-0.39, 0.29) is 20.7 Å². The van der Waals surface area contributed by atoms with E-state index < -0.39 is 17.9 Å². The number of nitrogens with zero attached hydrogens (tertiary/aromatic N) is 1. The number of carbonyl (C=O) groups is 2. The number of thiocarbonyl (C=S) groups is 1. The van der Waals surface area contributed by atoms with Gasteiger partial charge in [0.1, 0.15) is 10.4 Å². The number of aliphatic carboxylic acids is 1. The van der Waals surface area contributed by atoms with Gasteiger partial charge >= 0.3 is 0 Å². The number of hydrogen-bond acceptors (Lipinski definition) is 7. The lowest BCUT2D eigenvalue weighted by Gasteiger charge is -2.27. The predicted octanol–water partition coefficient (Wildman–Crippen LogP) is 2.09. The van der Waals surface area contributed by atoms with Gasteiger partial charge in [-0.1, -0.05) is 60.4 Å².